The molecule has 0 radical (unpaired) electrons. The first-order chi connectivity index (χ1) is 8.61. The maximum atomic E-state index is 12.7. The fourth-order valence-corrected chi connectivity index (χ4v) is 3.15. The molecule has 3 heteroatoms. The standard InChI is InChI=1S/C16H23NO2/c1-10-7-12(8-11(2)17-10)14(18)13-9-15(3,4)19-16(13,5)6/h7-8,13H,9H2,1-6H3. The summed E-state index contributed by atoms with van der Waals surface area (Å²) in [5, 5.41) is 0. The number of ether oxygens (including phenoxy) is 1. The lowest BCUT2D eigenvalue weighted by atomic mass is 9.81. The topological polar surface area (TPSA) is 39.2 Å². The summed E-state index contributed by atoms with van der Waals surface area (Å²) in [5.74, 6) is 0.0767. The summed E-state index contributed by atoms with van der Waals surface area (Å²) >= 11 is 0. The molecule has 0 aromatic carbocycles. The van der Waals surface area contributed by atoms with Gasteiger partial charge in [-0.25, -0.2) is 0 Å². The van der Waals surface area contributed by atoms with Crippen LogP contribution in [0, 0.1) is 19.8 Å². The molecule has 1 aromatic rings. The van der Waals surface area contributed by atoms with Gasteiger partial charge in [-0.2, -0.15) is 0 Å². The Labute approximate surface area is 115 Å². The number of carbonyl (C=O) groups is 1. The molecule has 0 spiro atoms. The Kier molecular flexibility index (Phi) is 3.29. The van der Waals surface area contributed by atoms with Crippen LogP contribution >= 0.6 is 0 Å². The molecule has 1 atom stereocenters. The number of Topliss-reactive ketones (excluding diaryl/α,β-unsaturated/α-hetero) is 1. The molecule has 1 unspecified atom stereocenters. The van der Waals surface area contributed by atoms with Crippen LogP contribution in [0.25, 0.3) is 0 Å². The van der Waals surface area contributed by atoms with E-state index in [0.29, 0.717) is 0 Å². The molecule has 1 aromatic heterocycles. The normalized spacial score (nSPS) is 24.4. The van der Waals surface area contributed by atoms with E-state index in [0.717, 1.165) is 23.4 Å². The molecular weight excluding hydrogens is 238 g/mol. The van der Waals surface area contributed by atoms with Crippen molar-refractivity contribution in [3.8, 4) is 0 Å². The number of hydrogen-bond acceptors (Lipinski definition) is 3. The number of carbonyl (C=O) groups excluding carboxylic acids is 1. The largest absolute Gasteiger partial charge is 0.369 e. The lowest BCUT2D eigenvalue weighted by Gasteiger charge is -2.26. The maximum Gasteiger partial charge on any atom is 0.169 e. The van der Waals surface area contributed by atoms with Crippen LogP contribution in [0.2, 0.25) is 0 Å². The molecule has 0 saturated carbocycles. The molecule has 104 valence electrons. The Morgan fingerprint density at radius 3 is 2.16 bits per heavy atom. The molecule has 1 saturated heterocycles. The summed E-state index contributed by atoms with van der Waals surface area (Å²) in [6.45, 7) is 11.9. The van der Waals surface area contributed by atoms with E-state index in [-0.39, 0.29) is 17.3 Å². The number of rotatable bonds is 2. The van der Waals surface area contributed by atoms with Gasteiger partial charge in [0.2, 0.25) is 0 Å². The lowest BCUT2D eigenvalue weighted by molar-refractivity contribution is -0.0712. The van der Waals surface area contributed by atoms with Crippen molar-refractivity contribution in [3.63, 3.8) is 0 Å². The highest BCUT2D eigenvalue weighted by Crippen LogP contribution is 2.43. The molecule has 0 amide bonds. The summed E-state index contributed by atoms with van der Waals surface area (Å²) in [6, 6.07) is 3.74. The highest BCUT2D eigenvalue weighted by atomic mass is 16.5. The Bertz CT molecular complexity index is 497. The van der Waals surface area contributed by atoms with E-state index in [1.807, 2.05) is 53.7 Å². The van der Waals surface area contributed by atoms with Gasteiger partial charge >= 0.3 is 0 Å². The summed E-state index contributed by atoms with van der Waals surface area (Å²) in [7, 11) is 0. The Balaban J connectivity index is 2.34. The summed E-state index contributed by atoms with van der Waals surface area (Å²) in [6.07, 6.45) is 0.763. The first-order valence-electron chi connectivity index (χ1n) is 6.80. The maximum absolute atomic E-state index is 12.7. The second-order valence-corrected chi connectivity index (χ2v) is 6.72. The van der Waals surface area contributed by atoms with Crippen molar-refractivity contribution in [2.24, 2.45) is 5.92 Å². The van der Waals surface area contributed by atoms with Crippen LogP contribution in [0.15, 0.2) is 12.1 Å². The monoisotopic (exact) mass is 261 g/mol. The highest BCUT2D eigenvalue weighted by molar-refractivity contribution is 5.99. The van der Waals surface area contributed by atoms with Crippen LogP contribution in [0.1, 0.15) is 55.9 Å². The SMILES string of the molecule is Cc1cc(C(=O)C2CC(C)(C)OC2(C)C)cc(C)n1. The van der Waals surface area contributed by atoms with Gasteiger partial charge in [0.15, 0.2) is 5.78 Å². The Morgan fingerprint density at radius 2 is 1.74 bits per heavy atom. The molecule has 0 aliphatic carbocycles. The van der Waals surface area contributed by atoms with E-state index in [2.05, 4.69) is 4.98 Å². The van der Waals surface area contributed by atoms with Gasteiger partial charge in [0.25, 0.3) is 0 Å². The van der Waals surface area contributed by atoms with E-state index < -0.39 is 5.60 Å². The van der Waals surface area contributed by atoms with Gasteiger partial charge in [-0.05, 0) is 60.1 Å². The Morgan fingerprint density at radius 1 is 1.21 bits per heavy atom. The van der Waals surface area contributed by atoms with Crippen molar-refractivity contribution in [3.05, 3.63) is 29.1 Å². The number of pyridine rings is 1. The second-order valence-electron chi connectivity index (χ2n) is 6.72. The fourth-order valence-electron chi connectivity index (χ4n) is 3.15. The minimum Gasteiger partial charge on any atom is -0.369 e. The van der Waals surface area contributed by atoms with Crippen molar-refractivity contribution in [1.82, 2.24) is 4.98 Å². The molecule has 0 N–H and O–H groups in total. The molecule has 19 heavy (non-hydrogen) atoms. The van der Waals surface area contributed by atoms with E-state index in [1.165, 1.54) is 0 Å². The van der Waals surface area contributed by atoms with E-state index in [9.17, 15) is 4.79 Å². The third-order valence-electron chi connectivity index (χ3n) is 3.76. The van der Waals surface area contributed by atoms with Crippen molar-refractivity contribution < 1.29 is 9.53 Å². The number of aryl methyl sites for hydroxylation is 2. The van der Waals surface area contributed by atoms with E-state index in [4.69, 9.17) is 4.74 Å². The number of nitrogens with zero attached hydrogens (tertiary/aromatic N) is 1. The van der Waals surface area contributed by atoms with Crippen LogP contribution in [-0.2, 0) is 4.74 Å². The predicted octanol–water partition coefficient (Wildman–Crippen LogP) is 3.47. The molecule has 1 aliphatic heterocycles. The van der Waals surface area contributed by atoms with Crippen LogP contribution < -0.4 is 0 Å². The average Bonchev–Trinajstić information content (AvgIpc) is 2.44. The third kappa shape index (κ3) is 2.86. The van der Waals surface area contributed by atoms with Crippen molar-refractivity contribution >= 4 is 5.78 Å². The fraction of sp³-hybridized carbons (Fsp3) is 0.625. The number of aromatic nitrogens is 1. The van der Waals surface area contributed by atoms with Gasteiger partial charge in [0.05, 0.1) is 17.1 Å². The number of hydrogen-bond donors (Lipinski definition) is 0. The molecule has 0 bridgehead atoms. The average molecular weight is 261 g/mol. The van der Waals surface area contributed by atoms with Crippen molar-refractivity contribution in [2.45, 2.75) is 59.2 Å². The second kappa shape index (κ2) is 4.41. The van der Waals surface area contributed by atoms with E-state index in [1.54, 1.807) is 0 Å². The lowest BCUT2D eigenvalue weighted by Crippen LogP contribution is -2.34. The van der Waals surface area contributed by atoms with Crippen molar-refractivity contribution in [2.75, 3.05) is 0 Å². The first kappa shape index (κ1) is 14.2. The zero-order chi connectivity index (χ0) is 14.4. The van der Waals surface area contributed by atoms with Crippen LogP contribution in [0.4, 0.5) is 0 Å². The van der Waals surface area contributed by atoms with E-state index >= 15 is 0 Å². The highest BCUT2D eigenvalue weighted by Gasteiger charge is 2.49. The molecule has 1 aliphatic rings. The minimum atomic E-state index is -0.411. The first-order valence-corrected chi connectivity index (χ1v) is 6.80. The minimum absolute atomic E-state index is 0.0938. The quantitative estimate of drug-likeness (QED) is 0.765. The predicted molar refractivity (Wildman–Crippen MR) is 75.4 cm³/mol. The van der Waals surface area contributed by atoms with Gasteiger partial charge in [0.1, 0.15) is 0 Å². The third-order valence-corrected chi connectivity index (χ3v) is 3.76. The molecular formula is C16H23NO2. The molecule has 1 fully saturated rings. The van der Waals surface area contributed by atoms with Crippen LogP contribution in [0.3, 0.4) is 0 Å². The summed E-state index contributed by atoms with van der Waals surface area (Å²) < 4.78 is 6.02. The smallest absolute Gasteiger partial charge is 0.169 e. The zero-order valence-electron chi connectivity index (χ0n) is 12.7. The van der Waals surface area contributed by atoms with Gasteiger partial charge < -0.3 is 4.74 Å². The van der Waals surface area contributed by atoms with Crippen LogP contribution in [0.5, 0.6) is 0 Å². The van der Waals surface area contributed by atoms with Crippen LogP contribution in [-0.4, -0.2) is 22.0 Å². The molecule has 3 nitrogen and oxygen atoms in total. The van der Waals surface area contributed by atoms with Gasteiger partial charge in [-0.3, -0.25) is 9.78 Å². The van der Waals surface area contributed by atoms with Gasteiger partial charge in [-0.1, -0.05) is 0 Å². The van der Waals surface area contributed by atoms with Gasteiger partial charge in [0, 0.05) is 17.0 Å². The summed E-state index contributed by atoms with van der Waals surface area (Å²) in [5.41, 5.74) is 1.88. The zero-order valence-corrected chi connectivity index (χ0v) is 12.7. The molecule has 2 rings (SSSR count). The van der Waals surface area contributed by atoms with Gasteiger partial charge in [-0.15, -0.1) is 0 Å². The molecule has 2 heterocycles. The van der Waals surface area contributed by atoms with Crippen molar-refractivity contribution in [1.29, 1.82) is 0 Å². The summed E-state index contributed by atoms with van der Waals surface area (Å²) in [4.78, 5) is 17.1. The number of ketones is 1. The Hall–Kier alpha value is -1.22.